The average molecular weight is 193 g/mol. The lowest BCUT2D eigenvalue weighted by Gasteiger charge is -1.89. The molecule has 13 heavy (non-hydrogen) atoms. The van der Waals surface area contributed by atoms with E-state index in [0.717, 1.165) is 0 Å². The number of allylic oxidation sites excluding steroid dienone is 1. The third kappa shape index (κ3) is 2.42. The number of thiophene rings is 1. The van der Waals surface area contributed by atoms with E-state index >= 15 is 0 Å². The van der Waals surface area contributed by atoms with E-state index in [0.29, 0.717) is 16.9 Å². The first-order valence-electron chi connectivity index (χ1n) is 3.60. The SMILES string of the molecule is N#CCC=Cc1ccsc1C(=O)O. The maximum absolute atomic E-state index is 10.6. The molecule has 0 aliphatic heterocycles. The van der Waals surface area contributed by atoms with Gasteiger partial charge in [-0.3, -0.25) is 0 Å². The Labute approximate surface area is 79.6 Å². The van der Waals surface area contributed by atoms with E-state index in [1.54, 1.807) is 23.6 Å². The normalized spacial score (nSPS) is 10.1. The van der Waals surface area contributed by atoms with E-state index in [1.165, 1.54) is 11.3 Å². The zero-order valence-corrected chi connectivity index (χ0v) is 7.54. The highest BCUT2D eigenvalue weighted by Gasteiger charge is 2.08. The Morgan fingerprint density at radius 2 is 2.54 bits per heavy atom. The van der Waals surface area contributed by atoms with E-state index < -0.39 is 5.97 Å². The molecule has 0 aromatic carbocycles. The third-order valence-corrected chi connectivity index (χ3v) is 2.31. The minimum absolute atomic E-state index is 0.301. The average Bonchev–Trinajstić information content (AvgIpc) is 2.53. The molecule has 1 heterocycles. The molecule has 1 N–H and O–H groups in total. The lowest BCUT2D eigenvalue weighted by Crippen LogP contribution is -1.93. The van der Waals surface area contributed by atoms with Gasteiger partial charge in [0.2, 0.25) is 0 Å². The fourth-order valence-corrected chi connectivity index (χ4v) is 1.59. The number of nitriles is 1. The van der Waals surface area contributed by atoms with Crippen LogP contribution in [0.3, 0.4) is 0 Å². The van der Waals surface area contributed by atoms with Gasteiger partial charge in [0.1, 0.15) is 4.88 Å². The predicted molar refractivity (Wildman–Crippen MR) is 50.5 cm³/mol. The van der Waals surface area contributed by atoms with Crippen molar-refractivity contribution in [2.24, 2.45) is 0 Å². The summed E-state index contributed by atoms with van der Waals surface area (Å²) in [4.78, 5) is 10.9. The van der Waals surface area contributed by atoms with Gasteiger partial charge in [0, 0.05) is 0 Å². The Hall–Kier alpha value is -1.60. The number of carbonyl (C=O) groups is 1. The van der Waals surface area contributed by atoms with Crippen LogP contribution >= 0.6 is 11.3 Å². The van der Waals surface area contributed by atoms with E-state index in [1.807, 2.05) is 6.07 Å². The van der Waals surface area contributed by atoms with Crippen LogP contribution in [0.1, 0.15) is 21.7 Å². The Balaban J connectivity index is 2.83. The Bertz CT molecular complexity index is 373. The Morgan fingerprint density at radius 3 is 3.15 bits per heavy atom. The summed E-state index contributed by atoms with van der Waals surface area (Å²) in [6, 6.07) is 3.67. The van der Waals surface area contributed by atoms with Crippen molar-refractivity contribution in [3.05, 3.63) is 28.0 Å². The van der Waals surface area contributed by atoms with Crippen molar-refractivity contribution in [2.45, 2.75) is 6.42 Å². The van der Waals surface area contributed by atoms with Crippen LogP contribution in [0.2, 0.25) is 0 Å². The second-order valence-corrected chi connectivity index (χ2v) is 3.19. The molecule has 1 rings (SSSR count). The molecular weight excluding hydrogens is 186 g/mol. The highest BCUT2D eigenvalue weighted by molar-refractivity contribution is 7.12. The smallest absolute Gasteiger partial charge is 0.346 e. The first kappa shape index (κ1) is 9.49. The van der Waals surface area contributed by atoms with Gasteiger partial charge in [0.15, 0.2) is 0 Å². The van der Waals surface area contributed by atoms with Gasteiger partial charge in [0.25, 0.3) is 0 Å². The number of carboxylic acid groups (broad SMARTS) is 1. The summed E-state index contributed by atoms with van der Waals surface area (Å²) in [5.74, 6) is -0.924. The number of carboxylic acids is 1. The van der Waals surface area contributed by atoms with Gasteiger partial charge in [0.05, 0.1) is 12.5 Å². The van der Waals surface area contributed by atoms with Gasteiger partial charge in [-0.05, 0) is 17.0 Å². The fourth-order valence-electron chi connectivity index (χ4n) is 0.863. The largest absolute Gasteiger partial charge is 0.477 e. The number of hydrogen-bond acceptors (Lipinski definition) is 3. The molecule has 0 aliphatic rings. The second-order valence-electron chi connectivity index (χ2n) is 2.27. The van der Waals surface area contributed by atoms with Crippen LogP contribution in [0.5, 0.6) is 0 Å². The minimum Gasteiger partial charge on any atom is -0.477 e. The lowest BCUT2D eigenvalue weighted by atomic mass is 10.2. The van der Waals surface area contributed by atoms with E-state index in [9.17, 15) is 4.79 Å². The first-order valence-corrected chi connectivity index (χ1v) is 4.48. The highest BCUT2D eigenvalue weighted by Crippen LogP contribution is 2.18. The molecule has 0 fully saturated rings. The molecule has 4 heteroatoms. The molecule has 0 aliphatic carbocycles. The van der Waals surface area contributed by atoms with Crippen molar-refractivity contribution >= 4 is 23.4 Å². The highest BCUT2D eigenvalue weighted by atomic mass is 32.1. The summed E-state index contributed by atoms with van der Waals surface area (Å²) in [5.41, 5.74) is 0.660. The van der Waals surface area contributed by atoms with Crippen molar-refractivity contribution in [1.29, 1.82) is 5.26 Å². The number of aromatic carboxylic acids is 1. The van der Waals surface area contributed by atoms with Gasteiger partial charge in [-0.2, -0.15) is 5.26 Å². The molecule has 0 bridgehead atoms. The van der Waals surface area contributed by atoms with Crippen LogP contribution in [-0.4, -0.2) is 11.1 Å². The summed E-state index contributed by atoms with van der Waals surface area (Å²) in [6.45, 7) is 0. The molecule has 0 unspecified atom stereocenters. The lowest BCUT2D eigenvalue weighted by molar-refractivity contribution is 0.0702. The van der Waals surface area contributed by atoms with Crippen LogP contribution in [0.15, 0.2) is 17.5 Å². The van der Waals surface area contributed by atoms with Crippen LogP contribution < -0.4 is 0 Å². The predicted octanol–water partition coefficient (Wildman–Crippen LogP) is 2.37. The summed E-state index contributed by atoms with van der Waals surface area (Å²) in [5, 5.41) is 18.7. The van der Waals surface area contributed by atoms with Crippen molar-refractivity contribution in [1.82, 2.24) is 0 Å². The zero-order chi connectivity index (χ0) is 9.68. The maximum Gasteiger partial charge on any atom is 0.346 e. The standard InChI is InChI=1S/C9H7NO2S/c10-5-2-1-3-7-4-6-13-8(7)9(11)12/h1,3-4,6H,2H2,(H,11,12). The Morgan fingerprint density at radius 1 is 1.77 bits per heavy atom. The molecular formula is C9H7NO2S. The molecule has 1 aromatic heterocycles. The second kappa shape index (κ2) is 4.43. The molecule has 3 nitrogen and oxygen atoms in total. The molecule has 1 aromatic rings. The van der Waals surface area contributed by atoms with Crippen LogP contribution in [0.4, 0.5) is 0 Å². The van der Waals surface area contributed by atoms with Crippen molar-refractivity contribution in [3.63, 3.8) is 0 Å². The minimum atomic E-state index is -0.924. The van der Waals surface area contributed by atoms with Gasteiger partial charge in [-0.25, -0.2) is 4.79 Å². The molecule has 0 atom stereocenters. The van der Waals surface area contributed by atoms with Gasteiger partial charge >= 0.3 is 5.97 Å². The van der Waals surface area contributed by atoms with Crippen molar-refractivity contribution < 1.29 is 9.90 Å². The van der Waals surface area contributed by atoms with Gasteiger partial charge in [-0.1, -0.05) is 12.2 Å². The van der Waals surface area contributed by atoms with E-state index in [4.69, 9.17) is 10.4 Å². The number of hydrogen-bond donors (Lipinski definition) is 1. The molecule has 66 valence electrons. The first-order chi connectivity index (χ1) is 6.25. The van der Waals surface area contributed by atoms with Gasteiger partial charge < -0.3 is 5.11 Å². The molecule has 0 radical (unpaired) electrons. The molecule has 0 saturated carbocycles. The number of rotatable bonds is 3. The summed E-state index contributed by atoms with van der Waals surface area (Å²) >= 11 is 1.18. The topological polar surface area (TPSA) is 61.1 Å². The van der Waals surface area contributed by atoms with Crippen LogP contribution in [0, 0.1) is 11.3 Å². The molecule has 0 amide bonds. The molecule has 0 saturated heterocycles. The monoisotopic (exact) mass is 193 g/mol. The number of nitrogens with zero attached hydrogens (tertiary/aromatic N) is 1. The van der Waals surface area contributed by atoms with Crippen LogP contribution in [-0.2, 0) is 0 Å². The van der Waals surface area contributed by atoms with Crippen molar-refractivity contribution in [2.75, 3.05) is 0 Å². The van der Waals surface area contributed by atoms with Gasteiger partial charge in [-0.15, -0.1) is 11.3 Å². The summed E-state index contributed by atoms with van der Waals surface area (Å²) < 4.78 is 0. The zero-order valence-electron chi connectivity index (χ0n) is 6.73. The van der Waals surface area contributed by atoms with E-state index in [-0.39, 0.29) is 0 Å². The maximum atomic E-state index is 10.6. The third-order valence-electron chi connectivity index (χ3n) is 1.40. The van der Waals surface area contributed by atoms with E-state index in [2.05, 4.69) is 0 Å². The summed E-state index contributed by atoms with van der Waals surface area (Å²) in [6.07, 6.45) is 3.60. The molecule has 0 spiro atoms. The fraction of sp³-hybridized carbons (Fsp3) is 0.111. The quantitative estimate of drug-likeness (QED) is 0.801. The van der Waals surface area contributed by atoms with Crippen LogP contribution in [0.25, 0.3) is 6.08 Å². The van der Waals surface area contributed by atoms with Crippen molar-refractivity contribution in [3.8, 4) is 6.07 Å². The Kier molecular flexibility index (Phi) is 3.23. The summed E-state index contributed by atoms with van der Waals surface area (Å²) in [7, 11) is 0.